The van der Waals surface area contributed by atoms with Crippen molar-refractivity contribution in [2.75, 3.05) is 6.61 Å². The zero-order valence-electron chi connectivity index (χ0n) is 20.2. The SMILES string of the molecule is Cc1c(C(=O)O)cccc1C(=O)O.Cc1nn(CC(C)O)cc1B1OCC(C)(C)C(C)(C)O1. The van der Waals surface area contributed by atoms with Gasteiger partial charge in [-0.2, -0.15) is 5.10 Å². The Bertz CT molecular complexity index is 982. The van der Waals surface area contributed by atoms with Gasteiger partial charge in [0.1, 0.15) is 0 Å². The highest BCUT2D eigenvalue weighted by molar-refractivity contribution is 6.62. The van der Waals surface area contributed by atoms with Crippen molar-refractivity contribution >= 4 is 24.5 Å². The molecule has 1 aromatic carbocycles. The molecule has 0 amide bonds. The van der Waals surface area contributed by atoms with Gasteiger partial charge in [-0.25, -0.2) is 9.59 Å². The van der Waals surface area contributed by atoms with Gasteiger partial charge >= 0.3 is 19.1 Å². The Balaban J connectivity index is 0.000000257. The van der Waals surface area contributed by atoms with Crippen LogP contribution in [0.4, 0.5) is 0 Å². The first kappa shape index (κ1) is 26.6. The first-order valence-electron chi connectivity index (χ1n) is 10.7. The summed E-state index contributed by atoms with van der Waals surface area (Å²) in [6.07, 6.45) is 1.48. The number of aryl methyl sites for hydroxylation is 1. The van der Waals surface area contributed by atoms with Crippen LogP contribution in [-0.2, 0) is 15.9 Å². The van der Waals surface area contributed by atoms with Crippen LogP contribution in [-0.4, -0.2) is 62.5 Å². The maximum Gasteiger partial charge on any atom is 0.497 e. The molecular formula is C23H33BN2O7. The summed E-state index contributed by atoms with van der Waals surface area (Å²) in [6, 6.07) is 4.17. The highest BCUT2D eigenvalue weighted by atomic mass is 16.6. The molecule has 3 N–H and O–H groups in total. The van der Waals surface area contributed by atoms with Crippen LogP contribution in [0.3, 0.4) is 0 Å². The molecule has 1 atom stereocenters. The van der Waals surface area contributed by atoms with Crippen LogP contribution in [0.5, 0.6) is 0 Å². The molecule has 0 bridgehead atoms. The second-order valence-corrected chi connectivity index (χ2v) is 9.48. The van der Waals surface area contributed by atoms with Gasteiger partial charge in [-0.15, -0.1) is 0 Å². The van der Waals surface area contributed by atoms with E-state index in [4.69, 9.17) is 19.5 Å². The van der Waals surface area contributed by atoms with Crippen LogP contribution >= 0.6 is 0 Å². The predicted octanol–water partition coefficient (Wildman–Crippen LogP) is 2.51. The molecule has 0 aliphatic carbocycles. The summed E-state index contributed by atoms with van der Waals surface area (Å²) in [5.74, 6) is -2.22. The number of hydrogen-bond acceptors (Lipinski definition) is 6. The summed E-state index contributed by atoms with van der Waals surface area (Å²) < 4.78 is 13.8. The maximum atomic E-state index is 10.6. The number of hydrogen-bond donors (Lipinski definition) is 3. The fraction of sp³-hybridized carbons (Fsp3) is 0.522. The standard InChI is InChI=1S/C14H25BN2O3.C9H8O4/c1-10(18)7-17-8-12(11(2)16-17)15-19-9-13(3,4)14(5,6)20-15;1-5-6(8(10)11)3-2-4-7(5)9(12)13/h8,10,18H,7,9H2,1-6H3;2-4H,1H3,(H,10,11)(H,12,13). The summed E-state index contributed by atoms with van der Waals surface area (Å²) in [5, 5.41) is 31.2. The van der Waals surface area contributed by atoms with Gasteiger partial charge in [-0.3, -0.25) is 4.68 Å². The van der Waals surface area contributed by atoms with Crippen LogP contribution < -0.4 is 5.46 Å². The van der Waals surface area contributed by atoms with Gasteiger partial charge < -0.3 is 24.6 Å². The summed E-state index contributed by atoms with van der Waals surface area (Å²) in [5.41, 5.74) is 1.85. The third kappa shape index (κ3) is 6.22. The average Bonchev–Trinajstić information content (AvgIpc) is 3.03. The van der Waals surface area contributed by atoms with E-state index in [-0.39, 0.29) is 34.8 Å². The molecule has 3 rings (SSSR count). The Hall–Kier alpha value is -2.69. The highest BCUT2D eigenvalue weighted by Gasteiger charge is 2.47. The van der Waals surface area contributed by atoms with Gasteiger partial charge in [0.2, 0.25) is 0 Å². The number of benzene rings is 1. The molecule has 2 aromatic rings. The minimum absolute atomic E-state index is 0.0277. The van der Waals surface area contributed by atoms with Crippen LogP contribution in [0.15, 0.2) is 24.4 Å². The largest absolute Gasteiger partial charge is 0.497 e. The summed E-state index contributed by atoms with van der Waals surface area (Å²) in [4.78, 5) is 21.2. The molecule has 1 unspecified atom stereocenters. The molecule has 33 heavy (non-hydrogen) atoms. The maximum absolute atomic E-state index is 10.6. The molecule has 1 aromatic heterocycles. The van der Waals surface area contributed by atoms with Crippen molar-refractivity contribution in [2.24, 2.45) is 5.41 Å². The molecule has 1 fully saturated rings. The molecule has 2 heterocycles. The van der Waals surface area contributed by atoms with Gasteiger partial charge in [-0.05, 0) is 52.3 Å². The number of aromatic nitrogens is 2. The molecule has 0 radical (unpaired) electrons. The lowest BCUT2D eigenvalue weighted by molar-refractivity contribution is -0.0937. The Labute approximate surface area is 194 Å². The number of aliphatic hydroxyl groups excluding tert-OH is 1. The van der Waals surface area contributed by atoms with E-state index < -0.39 is 18.0 Å². The van der Waals surface area contributed by atoms with Gasteiger partial charge in [-0.1, -0.05) is 19.9 Å². The molecule has 1 aliphatic rings. The third-order valence-corrected chi connectivity index (χ3v) is 6.11. The van der Waals surface area contributed by atoms with Crippen molar-refractivity contribution in [3.8, 4) is 0 Å². The lowest BCUT2D eigenvalue weighted by Crippen LogP contribution is -2.58. The van der Waals surface area contributed by atoms with E-state index in [0.717, 1.165) is 11.2 Å². The van der Waals surface area contributed by atoms with E-state index in [1.54, 1.807) is 11.6 Å². The summed E-state index contributed by atoms with van der Waals surface area (Å²) in [7, 11) is -0.388. The monoisotopic (exact) mass is 460 g/mol. The second-order valence-electron chi connectivity index (χ2n) is 9.48. The lowest BCUT2D eigenvalue weighted by Gasteiger charge is -2.47. The molecule has 180 valence electrons. The first-order chi connectivity index (χ1) is 15.2. The van der Waals surface area contributed by atoms with Crippen molar-refractivity contribution in [3.05, 3.63) is 46.8 Å². The van der Waals surface area contributed by atoms with Crippen molar-refractivity contribution in [1.82, 2.24) is 9.78 Å². The Morgan fingerprint density at radius 3 is 2.15 bits per heavy atom. The summed E-state index contributed by atoms with van der Waals surface area (Å²) in [6.45, 7) is 14.8. The number of aliphatic hydroxyl groups is 1. The van der Waals surface area contributed by atoms with Crippen LogP contribution in [0.25, 0.3) is 0 Å². The number of rotatable bonds is 5. The first-order valence-corrected chi connectivity index (χ1v) is 10.7. The van der Waals surface area contributed by atoms with Gasteiger partial charge in [0.05, 0.1) is 35.1 Å². The smallest absolute Gasteiger partial charge is 0.478 e. The van der Waals surface area contributed by atoms with E-state index in [1.807, 2.05) is 13.1 Å². The molecule has 1 aliphatic heterocycles. The van der Waals surface area contributed by atoms with Gasteiger partial charge in [0.15, 0.2) is 0 Å². The number of carboxylic acid groups (broad SMARTS) is 2. The summed E-state index contributed by atoms with van der Waals surface area (Å²) >= 11 is 0. The van der Waals surface area contributed by atoms with Crippen LogP contribution in [0.2, 0.25) is 0 Å². The third-order valence-electron chi connectivity index (χ3n) is 6.11. The van der Waals surface area contributed by atoms with E-state index in [1.165, 1.54) is 25.1 Å². The number of carboxylic acids is 2. The normalized spacial score (nSPS) is 17.6. The van der Waals surface area contributed by atoms with Gasteiger partial charge in [0, 0.05) is 23.7 Å². The molecule has 9 nitrogen and oxygen atoms in total. The van der Waals surface area contributed by atoms with Crippen molar-refractivity contribution < 1.29 is 34.2 Å². The highest BCUT2D eigenvalue weighted by Crippen LogP contribution is 2.38. The Kier molecular flexibility index (Phi) is 8.11. The minimum atomic E-state index is -1.11. The van der Waals surface area contributed by atoms with E-state index >= 15 is 0 Å². The second kappa shape index (κ2) is 10.1. The number of nitrogens with zero attached hydrogens (tertiary/aromatic N) is 2. The van der Waals surface area contributed by atoms with Crippen molar-refractivity contribution in [1.29, 1.82) is 0 Å². The van der Waals surface area contributed by atoms with Crippen LogP contribution in [0.1, 0.15) is 66.6 Å². The van der Waals surface area contributed by atoms with Crippen molar-refractivity contribution in [3.63, 3.8) is 0 Å². The fourth-order valence-electron chi connectivity index (χ4n) is 3.30. The number of carbonyl (C=O) groups is 2. The van der Waals surface area contributed by atoms with Crippen LogP contribution in [0, 0.1) is 19.3 Å². The zero-order valence-corrected chi connectivity index (χ0v) is 20.2. The van der Waals surface area contributed by atoms with Crippen molar-refractivity contribution in [2.45, 2.75) is 66.7 Å². The fourth-order valence-corrected chi connectivity index (χ4v) is 3.30. The van der Waals surface area contributed by atoms with E-state index in [9.17, 15) is 14.7 Å². The Morgan fingerprint density at radius 1 is 1.15 bits per heavy atom. The zero-order chi connectivity index (χ0) is 25.1. The Morgan fingerprint density at radius 2 is 1.70 bits per heavy atom. The van der Waals surface area contributed by atoms with E-state index in [2.05, 4.69) is 32.8 Å². The topological polar surface area (TPSA) is 131 Å². The van der Waals surface area contributed by atoms with Gasteiger partial charge in [0.25, 0.3) is 0 Å². The average molecular weight is 460 g/mol. The molecule has 1 saturated heterocycles. The quantitative estimate of drug-likeness (QED) is 0.581. The lowest BCUT2D eigenvalue weighted by atomic mass is 9.69. The molecular weight excluding hydrogens is 427 g/mol. The molecule has 10 heteroatoms. The van der Waals surface area contributed by atoms with E-state index in [0.29, 0.717) is 13.2 Å². The number of aromatic carboxylic acids is 2. The predicted molar refractivity (Wildman–Crippen MR) is 124 cm³/mol. The molecule has 0 spiro atoms. The minimum Gasteiger partial charge on any atom is -0.478 e. The molecule has 0 saturated carbocycles.